The summed E-state index contributed by atoms with van der Waals surface area (Å²) >= 11 is 0. The van der Waals surface area contributed by atoms with Crippen LogP contribution in [-0.4, -0.2) is 5.87 Å². The zero-order valence-corrected chi connectivity index (χ0v) is 11.3. The lowest BCUT2D eigenvalue weighted by Gasteiger charge is -2.26. The molecule has 6 heteroatoms. The number of allylic oxidation sites excluding steroid dienone is 3. The third-order valence-corrected chi connectivity index (χ3v) is 3.24. The van der Waals surface area contributed by atoms with Gasteiger partial charge in [-0.3, -0.25) is 0 Å². The lowest BCUT2D eigenvalue weighted by atomic mass is 9.81. The molecule has 104 valence electrons. The van der Waals surface area contributed by atoms with Gasteiger partial charge in [-0.1, -0.05) is 30.3 Å². The van der Waals surface area contributed by atoms with Crippen LogP contribution in [0.3, 0.4) is 0 Å². The summed E-state index contributed by atoms with van der Waals surface area (Å²) in [7, 11) is 0. The maximum atomic E-state index is 9.48. The van der Waals surface area contributed by atoms with E-state index in [9.17, 15) is 10.5 Å². The minimum Gasteiger partial charge on any atom is -0.762 e. The van der Waals surface area contributed by atoms with Gasteiger partial charge >= 0.3 is 0 Å². The molecule has 6 nitrogen and oxygen atoms in total. The molecule has 1 aromatic rings. The highest BCUT2D eigenvalue weighted by Crippen LogP contribution is 2.37. The largest absolute Gasteiger partial charge is 0.762 e. The fourth-order valence-electron chi connectivity index (χ4n) is 2.27. The molecule has 0 fully saturated rings. The van der Waals surface area contributed by atoms with Crippen molar-refractivity contribution in [1.29, 1.82) is 15.8 Å². The highest BCUT2D eigenvalue weighted by molar-refractivity contribution is 5.75. The number of dihydropyridines is 1. The van der Waals surface area contributed by atoms with Crippen LogP contribution in [0, 0.1) is 34.0 Å². The normalized spacial score (nSPS) is 16.7. The first-order chi connectivity index (χ1) is 10.7. The number of nitrogens with one attached hydrogen (secondary N) is 1. The molecule has 0 radical (unpaired) electrons. The second-order valence-electron chi connectivity index (χ2n) is 4.41. The molecular formula is C16H9N6-. The summed E-state index contributed by atoms with van der Waals surface area (Å²) in [5, 5.41) is 39.5. The topological polar surface area (TPSA) is 132 Å². The Labute approximate surface area is 127 Å². The molecular weight excluding hydrogens is 276 g/mol. The van der Waals surface area contributed by atoms with E-state index in [4.69, 9.17) is 16.4 Å². The van der Waals surface area contributed by atoms with Crippen LogP contribution in [-0.2, 0) is 0 Å². The van der Waals surface area contributed by atoms with E-state index in [-0.39, 0.29) is 28.2 Å². The minimum atomic E-state index is -0.704. The van der Waals surface area contributed by atoms with Gasteiger partial charge in [-0.15, -0.1) is 0 Å². The van der Waals surface area contributed by atoms with Gasteiger partial charge in [0.25, 0.3) is 0 Å². The Bertz CT molecular complexity index is 849. The van der Waals surface area contributed by atoms with Crippen molar-refractivity contribution in [3.8, 4) is 18.2 Å². The van der Waals surface area contributed by atoms with Gasteiger partial charge in [-0.25, -0.2) is 5.87 Å². The molecule has 0 aromatic heterocycles. The van der Waals surface area contributed by atoms with Gasteiger partial charge in [0.2, 0.25) is 0 Å². The summed E-state index contributed by atoms with van der Waals surface area (Å²) < 4.78 is 0. The number of hydrogen-bond donors (Lipinski definition) is 2. The SMILES string of the molecule is N#CC(=C=[N-])C1=C(C#N)C(c2ccccc2)C(C#N)=C(N)N1. The van der Waals surface area contributed by atoms with Crippen molar-refractivity contribution in [1.82, 2.24) is 5.32 Å². The molecule has 0 saturated heterocycles. The zero-order chi connectivity index (χ0) is 16.1. The average molecular weight is 285 g/mol. The van der Waals surface area contributed by atoms with E-state index >= 15 is 0 Å². The van der Waals surface area contributed by atoms with Crippen LogP contribution in [0.4, 0.5) is 0 Å². The number of nitrogens with zero attached hydrogens (tertiary/aromatic N) is 4. The predicted molar refractivity (Wildman–Crippen MR) is 79.3 cm³/mol. The maximum Gasteiger partial charge on any atom is 0.116 e. The highest BCUT2D eigenvalue weighted by atomic mass is 15.0. The molecule has 1 heterocycles. The van der Waals surface area contributed by atoms with Gasteiger partial charge in [0.1, 0.15) is 11.9 Å². The fourth-order valence-corrected chi connectivity index (χ4v) is 2.27. The summed E-state index contributed by atoms with van der Waals surface area (Å²) in [6, 6.07) is 14.6. The molecule has 1 aliphatic heterocycles. The summed E-state index contributed by atoms with van der Waals surface area (Å²) in [5.74, 6) is 1.07. The Hall–Kier alpha value is -3.78. The number of hydrogen-bond acceptors (Lipinski definition) is 5. The third-order valence-electron chi connectivity index (χ3n) is 3.24. The van der Waals surface area contributed by atoms with E-state index in [0.717, 1.165) is 0 Å². The van der Waals surface area contributed by atoms with E-state index in [1.807, 2.05) is 18.2 Å². The van der Waals surface area contributed by atoms with E-state index in [0.29, 0.717) is 5.56 Å². The second kappa shape index (κ2) is 6.11. The molecule has 0 aliphatic carbocycles. The molecule has 0 bridgehead atoms. The molecule has 1 atom stereocenters. The Kier molecular flexibility index (Phi) is 4.06. The van der Waals surface area contributed by atoms with E-state index in [2.05, 4.69) is 5.32 Å². The Morgan fingerprint density at radius 2 is 1.73 bits per heavy atom. The lowest BCUT2D eigenvalue weighted by molar-refractivity contribution is 0.817. The van der Waals surface area contributed by atoms with E-state index in [1.54, 1.807) is 36.2 Å². The Morgan fingerprint density at radius 1 is 1.09 bits per heavy atom. The first-order valence-corrected chi connectivity index (χ1v) is 6.21. The Morgan fingerprint density at radius 3 is 2.23 bits per heavy atom. The molecule has 0 spiro atoms. The number of rotatable bonds is 2. The maximum absolute atomic E-state index is 9.48. The van der Waals surface area contributed by atoms with Gasteiger partial charge in [0.15, 0.2) is 0 Å². The molecule has 1 aliphatic rings. The van der Waals surface area contributed by atoms with E-state index < -0.39 is 5.92 Å². The van der Waals surface area contributed by atoms with Gasteiger partial charge in [0, 0.05) is 0 Å². The van der Waals surface area contributed by atoms with Crippen molar-refractivity contribution in [2.24, 2.45) is 5.73 Å². The van der Waals surface area contributed by atoms with Crippen LogP contribution in [0.2, 0.25) is 0 Å². The molecule has 1 aromatic carbocycles. The standard InChI is InChI=1S/C16H9N6/c17-6-11(7-18)15-12(8-19)14(10-4-2-1-3-5-10)13(9-20)16(21)22-15/h1-5,14,22H,21H2/q-1. The van der Waals surface area contributed by atoms with E-state index in [1.165, 1.54) is 0 Å². The minimum absolute atomic E-state index is 0.0355. The Balaban J connectivity index is 2.77. The summed E-state index contributed by atoms with van der Waals surface area (Å²) in [4.78, 5) is 0. The predicted octanol–water partition coefficient (Wildman–Crippen LogP) is 1.53. The molecule has 1 unspecified atom stereocenters. The molecule has 0 saturated carbocycles. The quantitative estimate of drug-likeness (QED) is 0.628. The number of nitrogens with two attached hydrogens (primary N) is 1. The van der Waals surface area contributed by atoms with Gasteiger partial charge in [-0.2, -0.15) is 15.8 Å². The van der Waals surface area contributed by atoms with Crippen molar-refractivity contribution < 1.29 is 0 Å². The van der Waals surface area contributed by atoms with Crippen molar-refractivity contribution in [2.75, 3.05) is 0 Å². The molecule has 2 rings (SSSR count). The van der Waals surface area contributed by atoms with Crippen LogP contribution >= 0.6 is 0 Å². The van der Waals surface area contributed by atoms with Crippen molar-refractivity contribution in [3.05, 3.63) is 69.5 Å². The molecule has 3 N–H and O–H groups in total. The molecule has 22 heavy (non-hydrogen) atoms. The van der Waals surface area contributed by atoms with Crippen LogP contribution in [0.1, 0.15) is 11.5 Å². The average Bonchev–Trinajstić information content (AvgIpc) is 2.56. The lowest BCUT2D eigenvalue weighted by Crippen LogP contribution is -2.31. The summed E-state index contributed by atoms with van der Waals surface area (Å²) in [5.41, 5.74) is 6.63. The second-order valence-corrected chi connectivity index (χ2v) is 4.41. The first kappa shape index (κ1) is 14.6. The van der Waals surface area contributed by atoms with Crippen LogP contribution in [0.25, 0.3) is 5.41 Å². The number of nitriles is 3. The van der Waals surface area contributed by atoms with Crippen molar-refractivity contribution in [3.63, 3.8) is 0 Å². The van der Waals surface area contributed by atoms with Crippen LogP contribution in [0.15, 0.2) is 58.6 Å². The smallest absolute Gasteiger partial charge is 0.116 e. The molecule has 0 amide bonds. The van der Waals surface area contributed by atoms with Crippen LogP contribution < -0.4 is 11.1 Å². The van der Waals surface area contributed by atoms with Crippen molar-refractivity contribution in [2.45, 2.75) is 5.92 Å². The third kappa shape index (κ3) is 2.32. The van der Waals surface area contributed by atoms with Crippen molar-refractivity contribution >= 4 is 5.87 Å². The summed E-state index contributed by atoms with van der Waals surface area (Å²) in [6.45, 7) is 0. The summed E-state index contributed by atoms with van der Waals surface area (Å²) in [6.07, 6.45) is 0. The fraction of sp³-hybridized carbons (Fsp3) is 0.0625. The van der Waals surface area contributed by atoms with Gasteiger partial charge in [0.05, 0.1) is 40.5 Å². The highest BCUT2D eigenvalue weighted by Gasteiger charge is 2.32. The van der Waals surface area contributed by atoms with Gasteiger partial charge in [-0.05, 0) is 5.56 Å². The zero-order valence-electron chi connectivity index (χ0n) is 11.3. The van der Waals surface area contributed by atoms with Crippen LogP contribution in [0.5, 0.6) is 0 Å². The van der Waals surface area contributed by atoms with Gasteiger partial charge < -0.3 is 16.5 Å². The first-order valence-electron chi connectivity index (χ1n) is 6.21. The monoisotopic (exact) mass is 285 g/mol. The number of benzene rings is 1.